The first-order valence-electron chi connectivity index (χ1n) is 11.5. The van der Waals surface area contributed by atoms with Crippen LogP contribution in [0.3, 0.4) is 0 Å². The second kappa shape index (κ2) is 15.8. The summed E-state index contributed by atoms with van der Waals surface area (Å²) in [5.74, 6) is -0.843. The Morgan fingerprint density at radius 2 is 1.61 bits per heavy atom. The fourth-order valence-corrected chi connectivity index (χ4v) is 3.48. The third-order valence-electron chi connectivity index (χ3n) is 5.35. The number of aliphatic hydroxyl groups excluding tert-OH is 1. The summed E-state index contributed by atoms with van der Waals surface area (Å²) in [7, 11) is 0. The molecule has 7 heteroatoms. The van der Waals surface area contributed by atoms with Gasteiger partial charge in [0.15, 0.2) is 5.78 Å². The number of nitrogens with zero attached hydrogens (tertiary/aromatic N) is 1. The van der Waals surface area contributed by atoms with Gasteiger partial charge in [0.1, 0.15) is 30.1 Å². The lowest BCUT2D eigenvalue weighted by Crippen LogP contribution is -2.37. The zero-order valence-electron chi connectivity index (χ0n) is 19.6. The summed E-state index contributed by atoms with van der Waals surface area (Å²) in [6.45, 7) is 6.66. The zero-order chi connectivity index (χ0) is 23.3. The largest absolute Gasteiger partial charge is 0.490 e. The highest BCUT2D eigenvalue weighted by atomic mass is 35.5. The fraction of sp³-hybridized carbons (Fsp3) is 0.500. The number of unbranched alkanes of at least 4 members (excludes halogenated alkanes) is 2. The van der Waals surface area contributed by atoms with Crippen LogP contribution in [0.25, 0.3) is 0 Å². The van der Waals surface area contributed by atoms with E-state index < -0.39 is 11.9 Å². The van der Waals surface area contributed by atoms with Crippen molar-refractivity contribution in [3.63, 3.8) is 0 Å². The van der Waals surface area contributed by atoms with E-state index in [-0.39, 0.29) is 48.3 Å². The number of ketones is 1. The third kappa shape index (κ3) is 10.6. The minimum atomic E-state index is -0.712. The van der Waals surface area contributed by atoms with Crippen LogP contribution in [0, 0.1) is 11.6 Å². The molecule has 0 amide bonds. The SMILES string of the molecule is CCCCN(CCCC)CC(O)COc1ccc(F)cc1C(=O)CCc1ccc(F)cc1.Cl. The van der Waals surface area contributed by atoms with Crippen LogP contribution in [0.1, 0.15) is 61.9 Å². The summed E-state index contributed by atoms with van der Waals surface area (Å²) in [6, 6.07) is 9.80. The Morgan fingerprint density at radius 1 is 1.00 bits per heavy atom. The Morgan fingerprint density at radius 3 is 2.21 bits per heavy atom. The molecule has 0 saturated heterocycles. The van der Waals surface area contributed by atoms with Gasteiger partial charge in [-0.05, 0) is 68.2 Å². The number of aryl methyl sites for hydroxylation is 1. The van der Waals surface area contributed by atoms with E-state index in [2.05, 4.69) is 18.7 Å². The fourth-order valence-electron chi connectivity index (χ4n) is 3.48. The van der Waals surface area contributed by atoms with E-state index in [9.17, 15) is 18.7 Å². The molecule has 2 rings (SSSR count). The average Bonchev–Trinajstić information content (AvgIpc) is 2.79. The molecule has 0 bridgehead atoms. The van der Waals surface area contributed by atoms with E-state index in [1.54, 1.807) is 12.1 Å². The van der Waals surface area contributed by atoms with E-state index in [4.69, 9.17) is 4.74 Å². The second-order valence-corrected chi connectivity index (χ2v) is 8.16. The third-order valence-corrected chi connectivity index (χ3v) is 5.35. The lowest BCUT2D eigenvalue weighted by molar-refractivity contribution is 0.0663. The standard InChI is InChI=1S/C26H35F2NO3.ClH/c1-3-5-15-29(16-6-4-2)18-23(30)19-32-26-14-12-22(28)17-24(26)25(31)13-9-20-7-10-21(27)11-8-20;/h7-8,10-12,14,17,23,30H,3-6,9,13,15-16,18-19H2,1-2H3;1H. The molecule has 1 atom stereocenters. The minimum Gasteiger partial charge on any atom is -0.490 e. The molecule has 0 heterocycles. The number of carbonyl (C=O) groups is 1. The summed E-state index contributed by atoms with van der Waals surface area (Å²) in [5.41, 5.74) is 0.987. The highest BCUT2D eigenvalue weighted by Crippen LogP contribution is 2.23. The average molecular weight is 484 g/mol. The molecule has 0 radical (unpaired) electrons. The van der Waals surface area contributed by atoms with Crippen molar-refractivity contribution in [2.24, 2.45) is 0 Å². The Balaban J connectivity index is 0.00000544. The molecule has 1 unspecified atom stereocenters. The molecule has 1 N–H and O–H groups in total. The predicted molar refractivity (Wildman–Crippen MR) is 130 cm³/mol. The van der Waals surface area contributed by atoms with E-state index in [1.807, 2.05) is 0 Å². The molecule has 0 aliphatic rings. The first kappa shape index (κ1) is 29.0. The first-order valence-corrected chi connectivity index (χ1v) is 11.5. The monoisotopic (exact) mass is 483 g/mol. The molecule has 0 aliphatic carbocycles. The van der Waals surface area contributed by atoms with Crippen LogP contribution in [-0.4, -0.2) is 48.1 Å². The Labute approximate surface area is 202 Å². The van der Waals surface area contributed by atoms with E-state index in [0.717, 1.165) is 44.3 Å². The van der Waals surface area contributed by atoms with Gasteiger partial charge in [-0.15, -0.1) is 12.4 Å². The molecular weight excluding hydrogens is 448 g/mol. The van der Waals surface area contributed by atoms with Crippen molar-refractivity contribution < 1.29 is 23.4 Å². The van der Waals surface area contributed by atoms with Crippen LogP contribution in [0.5, 0.6) is 5.75 Å². The van der Waals surface area contributed by atoms with E-state index in [0.29, 0.717) is 13.0 Å². The van der Waals surface area contributed by atoms with Crippen molar-refractivity contribution >= 4 is 18.2 Å². The number of hydrogen-bond donors (Lipinski definition) is 1. The number of ether oxygens (including phenoxy) is 1. The summed E-state index contributed by atoms with van der Waals surface area (Å²) in [6.07, 6.45) is 4.18. The van der Waals surface area contributed by atoms with E-state index in [1.165, 1.54) is 30.3 Å². The maximum absolute atomic E-state index is 13.8. The highest BCUT2D eigenvalue weighted by Gasteiger charge is 2.17. The Kier molecular flexibility index (Phi) is 13.8. The van der Waals surface area contributed by atoms with Crippen molar-refractivity contribution in [3.05, 3.63) is 65.2 Å². The van der Waals surface area contributed by atoms with Crippen molar-refractivity contribution in [1.29, 1.82) is 0 Å². The Bertz CT molecular complexity index is 825. The smallest absolute Gasteiger partial charge is 0.167 e. The van der Waals surface area contributed by atoms with Gasteiger partial charge >= 0.3 is 0 Å². The quantitative estimate of drug-likeness (QED) is 0.323. The van der Waals surface area contributed by atoms with Crippen LogP contribution >= 0.6 is 12.4 Å². The first-order chi connectivity index (χ1) is 15.4. The van der Waals surface area contributed by atoms with Crippen molar-refractivity contribution in [2.75, 3.05) is 26.2 Å². The van der Waals surface area contributed by atoms with Gasteiger partial charge in [0.05, 0.1) is 5.56 Å². The molecule has 0 spiro atoms. The minimum absolute atomic E-state index is 0. The van der Waals surface area contributed by atoms with Crippen molar-refractivity contribution in [2.45, 2.75) is 58.5 Å². The van der Waals surface area contributed by atoms with Crippen LogP contribution in [0.2, 0.25) is 0 Å². The second-order valence-electron chi connectivity index (χ2n) is 8.16. The number of rotatable bonds is 15. The number of hydrogen-bond acceptors (Lipinski definition) is 4. The van der Waals surface area contributed by atoms with Crippen LogP contribution in [-0.2, 0) is 6.42 Å². The van der Waals surface area contributed by atoms with Crippen LogP contribution in [0.15, 0.2) is 42.5 Å². The normalized spacial score (nSPS) is 11.8. The lowest BCUT2D eigenvalue weighted by Gasteiger charge is -2.25. The molecule has 0 fully saturated rings. The van der Waals surface area contributed by atoms with Crippen LogP contribution < -0.4 is 4.74 Å². The zero-order valence-corrected chi connectivity index (χ0v) is 20.4. The number of benzene rings is 2. The van der Waals surface area contributed by atoms with E-state index >= 15 is 0 Å². The summed E-state index contributed by atoms with van der Waals surface area (Å²) in [4.78, 5) is 15.0. The molecule has 2 aromatic carbocycles. The molecule has 184 valence electrons. The molecule has 0 aliphatic heterocycles. The summed E-state index contributed by atoms with van der Waals surface area (Å²) < 4.78 is 32.6. The molecule has 4 nitrogen and oxygen atoms in total. The topological polar surface area (TPSA) is 49.8 Å². The number of Topliss-reactive ketones (excluding diaryl/α,β-unsaturated/α-hetero) is 1. The maximum Gasteiger partial charge on any atom is 0.167 e. The van der Waals surface area contributed by atoms with Crippen molar-refractivity contribution in [1.82, 2.24) is 4.90 Å². The van der Waals surface area contributed by atoms with Gasteiger partial charge < -0.3 is 14.7 Å². The van der Waals surface area contributed by atoms with Gasteiger partial charge in [-0.3, -0.25) is 4.79 Å². The van der Waals surface area contributed by atoms with Gasteiger partial charge in [0.2, 0.25) is 0 Å². The van der Waals surface area contributed by atoms with Gasteiger partial charge in [-0.25, -0.2) is 8.78 Å². The lowest BCUT2D eigenvalue weighted by atomic mass is 10.0. The predicted octanol–water partition coefficient (Wildman–Crippen LogP) is 5.84. The summed E-state index contributed by atoms with van der Waals surface area (Å²) in [5, 5.41) is 10.5. The molecular formula is C26H36ClF2NO3. The molecule has 2 aromatic rings. The number of aliphatic hydroxyl groups is 1. The van der Waals surface area contributed by atoms with Crippen LogP contribution in [0.4, 0.5) is 8.78 Å². The summed E-state index contributed by atoms with van der Waals surface area (Å²) >= 11 is 0. The van der Waals surface area contributed by atoms with Gasteiger partial charge in [0.25, 0.3) is 0 Å². The van der Waals surface area contributed by atoms with Gasteiger partial charge in [-0.2, -0.15) is 0 Å². The number of carbonyl (C=O) groups excluding carboxylic acids is 1. The van der Waals surface area contributed by atoms with Gasteiger partial charge in [-0.1, -0.05) is 38.8 Å². The molecule has 33 heavy (non-hydrogen) atoms. The van der Waals surface area contributed by atoms with Gasteiger partial charge in [0, 0.05) is 13.0 Å². The Hall–Kier alpha value is -2.02. The maximum atomic E-state index is 13.8. The van der Waals surface area contributed by atoms with Crippen molar-refractivity contribution in [3.8, 4) is 5.75 Å². The highest BCUT2D eigenvalue weighted by molar-refractivity contribution is 5.98. The number of halogens is 3. The molecule has 0 saturated carbocycles. The molecule has 0 aromatic heterocycles.